The minimum Gasteiger partial charge on any atom is -0.378 e. The average Bonchev–Trinajstić information content (AvgIpc) is 2.58. The van der Waals surface area contributed by atoms with Crippen molar-refractivity contribution in [3.8, 4) is 6.07 Å². The molecule has 3 rings (SSSR count). The van der Waals surface area contributed by atoms with Crippen LogP contribution in [0.4, 0.5) is 16.0 Å². The number of benzene rings is 1. The Kier molecular flexibility index (Phi) is 4.15. The molecule has 6 heteroatoms. The third-order valence-corrected chi connectivity index (χ3v) is 3.71. The highest BCUT2D eigenvalue weighted by molar-refractivity contribution is 5.50. The maximum Gasteiger partial charge on any atom is 0.225 e. The molecule has 1 aliphatic heterocycles. The van der Waals surface area contributed by atoms with Crippen molar-refractivity contribution in [3.63, 3.8) is 0 Å². The SMILES string of the molecule is N#Cc1ccc(NC2CCCN(c3ncccn3)C2)c(F)c1. The van der Waals surface area contributed by atoms with Crippen molar-refractivity contribution in [2.75, 3.05) is 23.3 Å². The predicted molar refractivity (Wildman–Crippen MR) is 82.0 cm³/mol. The lowest BCUT2D eigenvalue weighted by Gasteiger charge is -2.33. The summed E-state index contributed by atoms with van der Waals surface area (Å²) in [7, 11) is 0. The number of aromatic nitrogens is 2. The zero-order chi connectivity index (χ0) is 15.4. The topological polar surface area (TPSA) is 64.8 Å². The Hall–Kier alpha value is -2.68. The zero-order valence-corrected chi connectivity index (χ0v) is 12.0. The lowest BCUT2D eigenvalue weighted by Crippen LogP contribution is -2.43. The van der Waals surface area contributed by atoms with E-state index in [1.54, 1.807) is 30.6 Å². The molecule has 1 aromatic carbocycles. The van der Waals surface area contributed by atoms with Gasteiger partial charge in [-0.25, -0.2) is 14.4 Å². The van der Waals surface area contributed by atoms with Crippen LogP contribution in [-0.2, 0) is 0 Å². The molecule has 0 saturated carbocycles. The van der Waals surface area contributed by atoms with Crippen LogP contribution >= 0.6 is 0 Å². The first-order valence-electron chi connectivity index (χ1n) is 7.24. The lowest BCUT2D eigenvalue weighted by molar-refractivity contribution is 0.519. The molecule has 2 heterocycles. The largest absolute Gasteiger partial charge is 0.378 e. The summed E-state index contributed by atoms with van der Waals surface area (Å²) in [5.74, 6) is 0.307. The number of halogens is 1. The van der Waals surface area contributed by atoms with Crippen molar-refractivity contribution in [1.29, 1.82) is 5.26 Å². The van der Waals surface area contributed by atoms with Gasteiger partial charge in [-0.3, -0.25) is 0 Å². The van der Waals surface area contributed by atoms with Crippen LogP contribution < -0.4 is 10.2 Å². The molecule has 0 bridgehead atoms. The van der Waals surface area contributed by atoms with Crippen molar-refractivity contribution in [1.82, 2.24) is 9.97 Å². The maximum absolute atomic E-state index is 14.0. The average molecular weight is 297 g/mol. The molecule has 1 aromatic heterocycles. The van der Waals surface area contributed by atoms with Crippen LogP contribution in [0.3, 0.4) is 0 Å². The van der Waals surface area contributed by atoms with E-state index in [0.29, 0.717) is 17.2 Å². The second kappa shape index (κ2) is 6.39. The molecule has 5 nitrogen and oxygen atoms in total. The normalized spacial score (nSPS) is 17.8. The molecule has 1 unspecified atom stereocenters. The fraction of sp³-hybridized carbons (Fsp3) is 0.312. The Morgan fingerprint density at radius 2 is 2.14 bits per heavy atom. The van der Waals surface area contributed by atoms with Crippen LogP contribution in [0, 0.1) is 17.1 Å². The minimum atomic E-state index is -0.396. The molecule has 1 aliphatic rings. The molecule has 0 spiro atoms. The number of anilines is 2. The Morgan fingerprint density at radius 1 is 1.32 bits per heavy atom. The standard InChI is InChI=1S/C16H16FN5/c17-14-9-12(10-18)4-5-15(14)21-13-3-1-8-22(11-13)16-19-6-2-7-20-16/h2,4-7,9,13,21H,1,3,8,11H2. The third kappa shape index (κ3) is 3.14. The maximum atomic E-state index is 14.0. The van der Waals surface area contributed by atoms with Gasteiger partial charge in [0.25, 0.3) is 0 Å². The summed E-state index contributed by atoms with van der Waals surface area (Å²) in [4.78, 5) is 10.6. The Balaban J connectivity index is 1.69. The molecule has 112 valence electrons. The van der Waals surface area contributed by atoms with E-state index in [2.05, 4.69) is 20.2 Å². The van der Waals surface area contributed by atoms with Crippen LogP contribution in [-0.4, -0.2) is 29.1 Å². The minimum absolute atomic E-state index is 0.125. The first-order valence-corrected chi connectivity index (χ1v) is 7.24. The zero-order valence-electron chi connectivity index (χ0n) is 12.0. The summed E-state index contributed by atoms with van der Waals surface area (Å²) in [6.45, 7) is 1.63. The van der Waals surface area contributed by atoms with Crippen LogP contribution in [0.1, 0.15) is 18.4 Å². The second-order valence-corrected chi connectivity index (χ2v) is 5.28. The fourth-order valence-corrected chi connectivity index (χ4v) is 2.65. The summed E-state index contributed by atoms with van der Waals surface area (Å²) in [6, 6.07) is 8.33. The van der Waals surface area contributed by atoms with E-state index in [9.17, 15) is 4.39 Å². The molecule has 1 atom stereocenters. The predicted octanol–water partition coefficient (Wildman–Crippen LogP) is 2.57. The molecular weight excluding hydrogens is 281 g/mol. The van der Waals surface area contributed by atoms with E-state index in [1.807, 2.05) is 6.07 Å². The van der Waals surface area contributed by atoms with Crippen LogP contribution in [0.2, 0.25) is 0 Å². The third-order valence-electron chi connectivity index (χ3n) is 3.71. The van der Waals surface area contributed by atoms with E-state index in [0.717, 1.165) is 25.9 Å². The molecule has 0 radical (unpaired) electrons. The van der Waals surface area contributed by atoms with E-state index >= 15 is 0 Å². The van der Waals surface area contributed by atoms with Gasteiger partial charge in [-0.05, 0) is 37.1 Å². The summed E-state index contributed by atoms with van der Waals surface area (Å²) in [6.07, 6.45) is 5.40. The van der Waals surface area contributed by atoms with Gasteiger partial charge in [0.05, 0.1) is 17.3 Å². The van der Waals surface area contributed by atoms with Crippen molar-refractivity contribution < 1.29 is 4.39 Å². The molecular formula is C16H16FN5. The summed E-state index contributed by atoms with van der Waals surface area (Å²) < 4.78 is 14.0. The highest BCUT2D eigenvalue weighted by Crippen LogP contribution is 2.21. The number of nitrogens with one attached hydrogen (secondary N) is 1. The Bertz CT molecular complexity index is 683. The van der Waals surface area contributed by atoms with Crippen molar-refractivity contribution in [2.45, 2.75) is 18.9 Å². The second-order valence-electron chi connectivity index (χ2n) is 5.28. The Labute approximate surface area is 128 Å². The van der Waals surface area contributed by atoms with Gasteiger partial charge in [-0.2, -0.15) is 5.26 Å². The lowest BCUT2D eigenvalue weighted by atomic mass is 10.1. The van der Waals surface area contributed by atoms with E-state index in [-0.39, 0.29) is 6.04 Å². The smallest absolute Gasteiger partial charge is 0.225 e. The molecule has 1 N–H and O–H groups in total. The van der Waals surface area contributed by atoms with Crippen molar-refractivity contribution in [2.24, 2.45) is 0 Å². The van der Waals surface area contributed by atoms with E-state index in [4.69, 9.17) is 5.26 Å². The first-order chi connectivity index (χ1) is 10.8. The molecule has 0 amide bonds. The Morgan fingerprint density at radius 3 is 2.86 bits per heavy atom. The van der Waals surface area contributed by atoms with Gasteiger partial charge in [0.15, 0.2) is 0 Å². The highest BCUT2D eigenvalue weighted by Gasteiger charge is 2.22. The van der Waals surface area contributed by atoms with Crippen LogP contribution in [0.5, 0.6) is 0 Å². The molecule has 0 aliphatic carbocycles. The fourth-order valence-electron chi connectivity index (χ4n) is 2.65. The van der Waals surface area contributed by atoms with Gasteiger partial charge < -0.3 is 10.2 Å². The van der Waals surface area contributed by atoms with Gasteiger partial charge in [0.1, 0.15) is 5.82 Å². The number of rotatable bonds is 3. The van der Waals surface area contributed by atoms with Crippen LogP contribution in [0.25, 0.3) is 0 Å². The monoisotopic (exact) mass is 297 g/mol. The summed E-state index contributed by atoms with van der Waals surface area (Å²) >= 11 is 0. The first kappa shape index (κ1) is 14.3. The number of hydrogen-bond donors (Lipinski definition) is 1. The van der Waals surface area contributed by atoms with Gasteiger partial charge in [0, 0.05) is 31.5 Å². The number of piperidine rings is 1. The van der Waals surface area contributed by atoms with E-state index in [1.165, 1.54) is 6.07 Å². The quantitative estimate of drug-likeness (QED) is 0.943. The van der Waals surface area contributed by atoms with Gasteiger partial charge >= 0.3 is 0 Å². The van der Waals surface area contributed by atoms with Crippen molar-refractivity contribution in [3.05, 3.63) is 48.0 Å². The number of hydrogen-bond acceptors (Lipinski definition) is 5. The molecule has 1 saturated heterocycles. The molecule has 22 heavy (non-hydrogen) atoms. The molecule has 2 aromatic rings. The van der Waals surface area contributed by atoms with Gasteiger partial charge in [-0.15, -0.1) is 0 Å². The van der Waals surface area contributed by atoms with E-state index < -0.39 is 5.82 Å². The van der Waals surface area contributed by atoms with Crippen molar-refractivity contribution >= 4 is 11.6 Å². The number of nitriles is 1. The highest BCUT2D eigenvalue weighted by atomic mass is 19.1. The summed E-state index contributed by atoms with van der Waals surface area (Å²) in [5, 5.41) is 12.0. The molecule has 1 fully saturated rings. The van der Waals surface area contributed by atoms with Gasteiger partial charge in [0.2, 0.25) is 5.95 Å². The van der Waals surface area contributed by atoms with Gasteiger partial charge in [-0.1, -0.05) is 0 Å². The van der Waals surface area contributed by atoms with Crippen LogP contribution in [0.15, 0.2) is 36.7 Å². The summed E-state index contributed by atoms with van der Waals surface area (Å²) in [5.41, 5.74) is 0.755. The number of nitrogens with zero attached hydrogens (tertiary/aromatic N) is 4.